The van der Waals surface area contributed by atoms with Crippen LogP contribution < -0.4 is 10.2 Å². The lowest BCUT2D eigenvalue weighted by Gasteiger charge is -2.37. The Morgan fingerprint density at radius 1 is 1.27 bits per heavy atom. The van der Waals surface area contributed by atoms with E-state index in [0.717, 1.165) is 56.0 Å². The zero-order chi connectivity index (χ0) is 18.8. The molecular weight excluding hydrogens is 330 g/mol. The molecule has 1 aliphatic carbocycles. The van der Waals surface area contributed by atoms with Crippen LogP contribution >= 0.6 is 0 Å². The molecule has 1 atom stereocenters. The van der Waals surface area contributed by atoms with E-state index >= 15 is 0 Å². The van der Waals surface area contributed by atoms with Crippen molar-refractivity contribution in [2.75, 3.05) is 38.7 Å². The highest BCUT2D eigenvalue weighted by Gasteiger charge is 2.34. The van der Waals surface area contributed by atoms with E-state index in [2.05, 4.69) is 27.1 Å². The SMILES string of the molecule is CCOC1CC(N[C@@H]2CCN(c3nc(C(=O)N(C)C)nc(C)c3C)C2)C1. The van der Waals surface area contributed by atoms with Crippen molar-refractivity contribution >= 4 is 11.7 Å². The smallest absolute Gasteiger partial charge is 0.291 e. The summed E-state index contributed by atoms with van der Waals surface area (Å²) in [4.78, 5) is 25.1. The summed E-state index contributed by atoms with van der Waals surface area (Å²) in [6, 6.07) is 1.03. The Morgan fingerprint density at radius 3 is 2.65 bits per heavy atom. The Labute approximate surface area is 156 Å². The summed E-state index contributed by atoms with van der Waals surface area (Å²) in [5, 5.41) is 3.75. The van der Waals surface area contributed by atoms with Crippen LogP contribution in [0.15, 0.2) is 0 Å². The fourth-order valence-corrected chi connectivity index (χ4v) is 3.71. The zero-order valence-corrected chi connectivity index (χ0v) is 16.6. The maximum absolute atomic E-state index is 12.3. The van der Waals surface area contributed by atoms with Crippen LogP contribution in [0.25, 0.3) is 0 Å². The van der Waals surface area contributed by atoms with Crippen molar-refractivity contribution in [3.63, 3.8) is 0 Å². The molecule has 0 radical (unpaired) electrons. The van der Waals surface area contributed by atoms with E-state index in [1.165, 1.54) is 4.90 Å². The lowest BCUT2D eigenvalue weighted by atomic mass is 9.88. The molecule has 26 heavy (non-hydrogen) atoms. The van der Waals surface area contributed by atoms with Crippen LogP contribution in [-0.4, -0.2) is 72.8 Å². The molecule has 7 nitrogen and oxygen atoms in total. The summed E-state index contributed by atoms with van der Waals surface area (Å²) in [6.45, 7) is 8.70. The first kappa shape index (κ1) is 19.0. The number of amides is 1. The van der Waals surface area contributed by atoms with Gasteiger partial charge in [-0.3, -0.25) is 4.79 Å². The maximum atomic E-state index is 12.3. The molecule has 2 fully saturated rings. The number of hydrogen-bond acceptors (Lipinski definition) is 6. The van der Waals surface area contributed by atoms with Crippen LogP contribution in [-0.2, 0) is 4.74 Å². The molecule has 1 aromatic heterocycles. The fraction of sp³-hybridized carbons (Fsp3) is 0.737. The quantitative estimate of drug-likeness (QED) is 0.829. The summed E-state index contributed by atoms with van der Waals surface area (Å²) in [5.41, 5.74) is 1.93. The minimum absolute atomic E-state index is 0.153. The van der Waals surface area contributed by atoms with Crippen LogP contribution in [0.1, 0.15) is 48.1 Å². The highest BCUT2D eigenvalue weighted by Crippen LogP contribution is 2.27. The predicted octanol–water partition coefficient (Wildman–Crippen LogP) is 1.53. The van der Waals surface area contributed by atoms with Gasteiger partial charge in [0.25, 0.3) is 5.91 Å². The molecule has 0 unspecified atom stereocenters. The van der Waals surface area contributed by atoms with Gasteiger partial charge in [-0.25, -0.2) is 9.97 Å². The van der Waals surface area contributed by atoms with Crippen molar-refractivity contribution in [2.45, 2.75) is 58.2 Å². The molecule has 7 heteroatoms. The molecule has 0 spiro atoms. The Hall–Kier alpha value is -1.73. The summed E-state index contributed by atoms with van der Waals surface area (Å²) in [6.07, 6.45) is 3.74. The number of nitrogens with one attached hydrogen (secondary N) is 1. The fourth-order valence-electron chi connectivity index (χ4n) is 3.71. The zero-order valence-electron chi connectivity index (χ0n) is 16.6. The van der Waals surface area contributed by atoms with Crippen LogP contribution in [0.3, 0.4) is 0 Å². The van der Waals surface area contributed by atoms with Gasteiger partial charge in [0.05, 0.1) is 6.10 Å². The molecule has 1 saturated carbocycles. The van der Waals surface area contributed by atoms with Gasteiger partial charge in [-0.05, 0) is 40.0 Å². The third-order valence-corrected chi connectivity index (χ3v) is 5.42. The van der Waals surface area contributed by atoms with Crippen LogP contribution in [0.2, 0.25) is 0 Å². The number of carbonyl (C=O) groups is 1. The number of anilines is 1. The Kier molecular flexibility index (Phi) is 5.77. The number of hydrogen-bond donors (Lipinski definition) is 1. The van der Waals surface area contributed by atoms with Crippen LogP contribution in [0.4, 0.5) is 5.82 Å². The molecule has 1 N–H and O–H groups in total. The number of aromatic nitrogens is 2. The summed E-state index contributed by atoms with van der Waals surface area (Å²) in [7, 11) is 3.45. The van der Waals surface area contributed by atoms with Crippen molar-refractivity contribution in [2.24, 2.45) is 0 Å². The third kappa shape index (κ3) is 3.99. The Balaban J connectivity index is 1.64. The van der Waals surface area contributed by atoms with E-state index in [1.54, 1.807) is 14.1 Å². The Morgan fingerprint density at radius 2 is 2.00 bits per heavy atom. The monoisotopic (exact) mass is 361 g/mol. The second kappa shape index (κ2) is 7.88. The molecule has 144 valence electrons. The van der Waals surface area contributed by atoms with Gasteiger partial charge < -0.3 is 19.9 Å². The van der Waals surface area contributed by atoms with E-state index in [-0.39, 0.29) is 11.7 Å². The van der Waals surface area contributed by atoms with Crippen molar-refractivity contribution in [1.29, 1.82) is 0 Å². The molecule has 3 rings (SSSR count). The molecule has 0 bridgehead atoms. The average Bonchev–Trinajstić information content (AvgIpc) is 3.03. The van der Waals surface area contributed by atoms with E-state index in [9.17, 15) is 4.79 Å². The third-order valence-electron chi connectivity index (χ3n) is 5.42. The standard InChI is InChI=1S/C19H31N5O2/c1-6-26-16-9-15(10-16)21-14-7-8-24(11-14)18-12(2)13(3)20-17(22-18)19(25)23(4)5/h14-16,21H,6-11H2,1-5H3/t14-,15?,16?/m1/s1. The number of rotatable bonds is 6. The van der Waals surface area contributed by atoms with Crippen molar-refractivity contribution in [3.8, 4) is 0 Å². The first-order valence-electron chi connectivity index (χ1n) is 9.58. The topological polar surface area (TPSA) is 70.6 Å². The highest BCUT2D eigenvalue weighted by atomic mass is 16.5. The number of nitrogens with zero attached hydrogens (tertiary/aromatic N) is 4. The van der Waals surface area contributed by atoms with Gasteiger partial charge in [-0.15, -0.1) is 0 Å². The van der Waals surface area contributed by atoms with Crippen molar-refractivity contribution in [3.05, 3.63) is 17.1 Å². The lowest BCUT2D eigenvalue weighted by Crippen LogP contribution is -2.50. The average molecular weight is 361 g/mol. The Bertz CT molecular complexity index is 658. The van der Waals surface area contributed by atoms with Crippen LogP contribution in [0, 0.1) is 13.8 Å². The minimum atomic E-state index is -0.153. The molecule has 1 aliphatic heterocycles. The van der Waals surface area contributed by atoms with Crippen molar-refractivity contribution in [1.82, 2.24) is 20.2 Å². The minimum Gasteiger partial charge on any atom is -0.378 e. The number of ether oxygens (including phenoxy) is 1. The normalized spacial score (nSPS) is 25.3. The molecule has 2 aliphatic rings. The van der Waals surface area contributed by atoms with E-state index < -0.39 is 0 Å². The van der Waals surface area contributed by atoms with Gasteiger partial charge >= 0.3 is 0 Å². The largest absolute Gasteiger partial charge is 0.378 e. The predicted molar refractivity (Wildman–Crippen MR) is 102 cm³/mol. The van der Waals surface area contributed by atoms with Gasteiger partial charge in [0.2, 0.25) is 5.82 Å². The molecular formula is C19H31N5O2. The van der Waals surface area contributed by atoms with Crippen molar-refractivity contribution < 1.29 is 9.53 Å². The molecule has 0 aromatic carbocycles. The van der Waals surface area contributed by atoms with E-state index in [0.29, 0.717) is 18.2 Å². The van der Waals surface area contributed by atoms with Gasteiger partial charge in [-0.1, -0.05) is 0 Å². The second-order valence-electron chi connectivity index (χ2n) is 7.62. The molecule has 1 saturated heterocycles. The first-order valence-corrected chi connectivity index (χ1v) is 9.58. The van der Waals surface area contributed by atoms with E-state index in [1.807, 2.05) is 13.8 Å². The van der Waals surface area contributed by atoms with Crippen LogP contribution in [0.5, 0.6) is 0 Å². The first-order chi connectivity index (χ1) is 12.4. The van der Waals surface area contributed by atoms with Gasteiger partial charge in [0, 0.05) is 57.1 Å². The summed E-state index contributed by atoms with van der Waals surface area (Å²) < 4.78 is 5.64. The molecule has 2 heterocycles. The van der Waals surface area contributed by atoms with Gasteiger partial charge in [0.15, 0.2) is 0 Å². The van der Waals surface area contributed by atoms with Gasteiger partial charge in [0.1, 0.15) is 5.82 Å². The maximum Gasteiger partial charge on any atom is 0.291 e. The van der Waals surface area contributed by atoms with Gasteiger partial charge in [-0.2, -0.15) is 0 Å². The number of carbonyl (C=O) groups excluding carboxylic acids is 1. The lowest BCUT2D eigenvalue weighted by molar-refractivity contribution is -0.0118. The summed E-state index contributed by atoms with van der Waals surface area (Å²) in [5.74, 6) is 1.02. The molecule has 1 aromatic rings. The highest BCUT2D eigenvalue weighted by molar-refractivity contribution is 5.90. The summed E-state index contributed by atoms with van der Waals surface area (Å²) >= 11 is 0. The molecule has 1 amide bonds. The second-order valence-corrected chi connectivity index (χ2v) is 7.62. The number of aryl methyl sites for hydroxylation is 1. The van der Waals surface area contributed by atoms with E-state index in [4.69, 9.17) is 4.74 Å².